The van der Waals surface area contributed by atoms with Crippen molar-refractivity contribution in [2.75, 3.05) is 11.8 Å². The fraction of sp³-hybridized carbons (Fsp3) is 0.0769. The zero-order chi connectivity index (χ0) is 15.6. The van der Waals surface area contributed by atoms with E-state index in [0.717, 1.165) is 0 Å². The number of hydrogen-bond acceptors (Lipinski definition) is 3. The van der Waals surface area contributed by atoms with Crippen molar-refractivity contribution in [3.8, 4) is 5.75 Å². The van der Waals surface area contributed by atoms with Crippen molar-refractivity contribution in [3.63, 3.8) is 0 Å². The third kappa shape index (κ3) is 3.74. The average molecular weight is 458 g/mol. The number of hydrogen-bond donors (Lipinski definition) is 1. The number of methoxy groups -OCH3 is 1. The van der Waals surface area contributed by atoms with Crippen molar-refractivity contribution >= 4 is 61.5 Å². The van der Waals surface area contributed by atoms with Gasteiger partial charge in [0.1, 0.15) is 5.75 Å². The average Bonchev–Trinajstić information content (AvgIpc) is 2.43. The van der Waals surface area contributed by atoms with Crippen LogP contribution in [0.1, 0.15) is 0 Å². The maximum Gasteiger partial charge on any atom is 0.261 e. The summed E-state index contributed by atoms with van der Waals surface area (Å²) in [6.45, 7) is 0. The summed E-state index contributed by atoms with van der Waals surface area (Å²) in [4.78, 5) is 0.115. The highest BCUT2D eigenvalue weighted by atomic mass is 127. The van der Waals surface area contributed by atoms with E-state index in [0.29, 0.717) is 9.32 Å². The van der Waals surface area contributed by atoms with Crippen molar-refractivity contribution in [2.24, 2.45) is 0 Å². The van der Waals surface area contributed by atoms with Crippen LogP contribution in [0.5, 0.6) is 5.75 Å². The zero-order valence-electron chi connectivity index (χ0n) is 10.7. The second-order valence-corrected chi connectivity index (χ2v) is 7.63. The molecule has 0 heterocycles. The quantitative estimate of drug-likeness (QED) is 0.692. The molecule has 0 aliphatic carbocycles. The highest BCUT2D eigenvalue weighted by molar-refractivity contribution is 14.1. The summed E-state index contributed by atoms with van der Waals surface area (Å²) < 4.78 is 32.9. The first-order valence-electron chi connectivity index (χ1n) is 5.65. The minimum absolute atomic E-state index is 0.115. The monoisotopic (exact) mass is 457 g/mol. The van der Waals surface area contributed by atoms with Crippen molar-refractivity contribution in [1.82, 2.24) is 0 Å². The van der Waals surface area contributed by atoms with Crippen molar-refractivity contribution in [1.29, 1.82) is 0 Å². The van der Waals surface area contributed by atoms with E-state index in [1.165, 1.54) is 19.2 Å². The largest absolute Gasteiger partial charge is 0.496 e. The highest BCUT2D eigenvalue weighted by Crippen LogP contribution is 2.32. The lowest BCUT2D eigenvalue weighted by Crippen LogP contribution is -2.13. The molecule has 0 aromatic heterocycles. The molecule has 2 aromatic rings. The van der Waals surface area contributed by atoms with Crippen LogP contribution in [0.2, 0.25) is 10.0 Å². The predicted molar refractivity (Wildman–Crippen MR) is 93.0 cm³/mol. The van der Waals surface area contributed by atoms with Gasteiger partial charge in [-0.25, -0.2) is 8.42 Å². The van der Waals surface area contributed by atoms with Crippen molar-refractivity contribution in [2.45, 2.75) is 4.90 Å². The SMILES string of the molecule is COc1ccc(S(=O)(=O)Nc2cccc(Cl)c2Cl)cc1I. The van der Waals surface area contributed by atoms with E-state index in [-0.39, 0.29) is 20.6 Å². The Morgan fingerprint density at radius 2 is 1.90 bits per heavy atom. The van der Waals surface area contributed by atoms with Crippen LogP contribution in [0.4, 0.5) is 5.69 Å². The number of anilines is 1. The minimum Gasteiger partial charge on any atom is -0.496 e. The second kappa shape index (κ2) is 6.60. The molecular formula is C13H10Cl2INO3S. The Labute approximate surface area is 146 Å². The predicted octanol–water partition coefficient (Wildman–Crippen LogP) is 4.41. The molecule has 112 valence electrons. The molecule has 0 atom stereocenters. The Morgan fingerprint density at radius 3 is 2.52 bits per heavy atom. The summed E-state index contributed by atoms with van der Waals surface area (Å²) in [5.41, 5.74) is 0.231. The van der Waals surface area contributed by atoms with E-state index in [2.05, 4.69) is 4.72 Å². The number of halogens is 3. The Kier molecular flexibility index (Phi) is 5.24. The van der Waals surface area contributed by atoms with E-state index in [1.54, 1.807) is 24.3 Å². The van der Waals surface area contributed by atoms with Gasteiger partial charge in [0.15, 0.2) is 0 Å². The van der Waals surface area contributed by atoms with Crippen molar-refractivity contribution in [3.05, 3.63) is 50.0 Å². The molecule has 0 saturated carbocycles. The molecule has 0 unspecified atom stereocenters. The first-order valence-corrected chi connectivity index (χ1v) is 8.97. The Morgan fingerprint density at radius 1 is 1.19 bits per heavy atom. The molecule has 0 amide bonds. The molecule has 4 nitrogen and oxygen atoms in total. The van der Waals surface area contributed by atoms with E-state index in [1.807, 2.05) is 22.6 Å². The molecule has 0 spiro atoms. The summed E-state index contributed by atoms with van der Waals surface area (Å²) in [6, 6.07) is 9.31. The van der Waals surface area contributed by atoms with Crippen LogP contribution in [-0.4, -0.2) is 15.5 Å². The highest BCUT2D eigenvalue weighted by Gasteiger charge is 2.18. The van der Waals surface area contributed by atoms with Gasteiger partial charge >= 0.3 is 0 Å². The van der Waals surface area contributed by atoms with Gasteiger partial charge in [0.05, 0.1) is 31.3 Å². The molecule has 0 radical (unpaired) electrons. The maximum atomic E-state index is 12.4. The molecular weight excluding hydrogens is 448 g/mol. The Hall–Kier alpha value is -0.700. The molecule has 1 N–H and O–H groups in total. The van der Waals surface area contributed by atoms with Crippen LogP contribution in [0.15, 0.2) is 41.3 Å². The fourth-order valence-electron chi connectivity index (χ4n) is 1.60. The second-order valence-electron chi connectivity index (χ2n) is 4.00. The van der Waals surface area contributed by atoms with Crippen LogP contribution in [0, 0.1) is 3.57 Å². The Balaban J connectivity index is 2.39. The molecule has 8 heteroatoms. The number of rotatable bonds is 4. The normalized spacial score (nSPS) is 11.2. The summed E-state index contributed by atoms with van der Waals surface area (Å²) >= 11 is 13.9. The zero-order valence-corrected chi connectivity index (χ0v) is 15.2. The van der Waals surface area contributed by atoms with Gasteiger partial charge < -0.3 is 4.74 Å². The van der Waals surface area contributed by atoms with E-state index in [9.17, 15) is 8.42 Å². The number of nitrogens with one attached hydrogen (secondary N) is 1. The Bertz CT molecular complexity index is 781. The fourth-order valence-corrected chi connectivity index (χ4v) is 4.05. The standard InChI is InChI=1S/C13H10Cl2INO3S/c1-20-12-6-5-8(7-10(12)16)21(18,19)17-11-4-2-3-9(14)13(11)15/h2-7,17H,1H3. The first kappa shape index (κ1) is 16.7. The minimum atomic E-state index is -3.75. The summed E-state index contributed by atoms with van der Waals surface area (Å²) in [6.07, 6.45) is 0. The topological polar surface area (TPSA) is 55.4 Å². The van der Waals surface area contributed by atoms with Gasteiger partial charge in [-0.15, -0.1) is 0 Å². The van der Waals surface area contributed by atoms with Gasteiger partial charge in [0, 0.05) is 0 Å². The van der Waals surface area contributed by atoms with Gasteiger partial charge in [0.2, 0.25) is 0 Å². The molecule has 0 aliphatic rings. The lowest BCUT2D eigenvalue weighted by molar-refractivity contribution is 0.411. The van der Waals surface area contributed by atoms with Crippen LogP contribution >= 0.6 is 45.8 Å². The lowest BCUT2D eigenvalue weighted by Gasteiger charge is -2.11. The molecule has 21 heavy (non-hydrogen) atoms. The molecule has 0 saturated heterocycles. The maximum absolute atomic E-state index is 12.4. The summed E-state index contributed by atoms with van der Waals surface area (Å²) in [5.74, 6) is 0.607. The first-order chi connectivity index (χ1) is 9.85. The van der Waals surface area contributed by atoms with Gasteiger partial charge in [-0.3, -0.25) is 4.72 Å². The molecule has 2 aromatic carbocycles. The smallest absolute Gasteiger partial charge is 0.261 e. The van der Waals surface area contributed by atoms with Crippen molar-refractivity contribution < 1.29 is 13.2 Å². The molecule has 0 aliphatic heterocycles. The van der Waals surface area contributed by atoms with Crippen LogP contribution in [-0.2, 0) is 10.0 Å². The van der Waals surface area contributed by atoms with E-state index in [4.69, 9.17) is 27.9 Å². The van der Waals surface area contributed by atoms with E-state index >= 15 is 0 Å². The lowest BCUT2D eigenvalue weighted by atomic mass is 10.3. The van der Waals surface area contributed by atoms with Gasteiger partial charge in [-0.05, 0) is 52.9 Å². The molecule has 2 rings (SSSR count). The van der Waals surface area contributed by atoms with Gasteiger partial charge in [-0.2, -0.15) is 0 Å². The van der Waals surface area contributed by atoms with Gasteiger partial charge in [0.25, 0.3) is 10.0 Å². The summed E-state index contributed by atoms with van der Waals surface area (Å²) in [7, 11) is -2.23. The molecule has 0 bridgehead atoms. The number of benzene rings is 2. The van der Waals surface area contributed by atoms with Crippen LogP contribution < -0.4 is 9.46 Å². The van der Waals surface area contributed by atoms with Gasteiger partial charge in [-0.1, -0.05) is 29.3 Å². The third-order valence-electron chi connectivity index (χ3n) is 2.63. The number of sulfonamides is 1. The summed E-state index contributed by atoms with van der Waals surface area (Å²) in [5, 5.41) is 0.437. The number of ether oxygens (including phenoxy) is 1. The van der Waals surface area contributed by atoms with Crippen LogP contribution in [0.3, 0.4) is 0 Å². The van der Waals surface area contributed by atoms with E-state index < -0.39 is 10.0 Å². The molecule has 0 fully saturated rings. The van der Waals surface area contributed by atoms with Crippen LogP contribution in [0.25, 0.3) is 0 Å². The third-order valence-corrected chi connectivity index (χ3v) is 5.65.